The number of likely N-dealkylation sites (tertiary alicyclic amines) is 1. The molecule has 26 heavy (non-hydrogen) atoms. The summed E-state index contributed by atoms with van der Waals surface area (Å²) in [6.07, 6.45) is 2.83. The molecule has 1 heterocycles. The van der Waals surface area contributed by atoms with Gasteiger partial charge in [0.25, 0.3) is 0 Å². The van der Waals surface area contributed by atoms with Gasteiger partial charge >= 0.3 is 0 Å². The summed E-state index contributed by atoms with van der Waals surface area (Å²) in [5.41, 5.74) is 1.09. The van der Waals surface area contributed by atoms with Gasteiger partial charge in [-0.3, -0.25) is 4.79 Å². The van der Waals surface area contributed by atoms with Crippen LogP contribution in [-0.4, -0.2) is 43.2 Å². The molecule has 1 aliphatic rings. The van der Waals surface area contributed by atoms with Crippen molar-refractivity contribution in [1.29, 1.82) is 0 Å². The molecule has 1 fully saturated rings. The van der Waals surface area contributed by atoms with Crippen molar-refractivity contribution >= 4 is 17.5 Å². The molecule has 4 nitrogen and oxygen atoms in total. The van der Waals surface area contributed by atoms with Crippen LogP contribution in [0.4, 0.5) is 0 Å². The van der Waals surface area contributed by atoms with Gasteiger partial charge in [0, 0.05) is 17.6 Å². The molecule has 0 bridgehead atoms. The SMILES string of the molecule is O=C(COCCOc1ccccc1)N1CCCC1Cc1ccccc1Cl. The van der Waals surface area contributed by atoms with Gasteiger partial charge in [-0.05, 0) is 43.0 Å². The Balaban J connectivity index is 1.41. The molecule has 0 aromatic heterocycles. The molecule has 0 radical (unpaired) electrons. The number of amides is 1. The number of carbonyl (C=O) groups excluding carboxylic acids is 1. The highest BCUT2D eigenvalue weighted by atomic mass is 35.5. The zero-order valence-corrected chi connectivity index (χ0v) is 15.5. The molecule has 5 heteroatoms. The van der Waals surface area contributed by atoms with Gasteiger partial charge in [-0.2, -0.15) is 0 Å². The van der Waals surface area contributed by atoms with Gasteiger partial charge in [0.05, 0.1) is 6.61 Å². The Bertz CT molecular complexity index is 707. The van der Waals surface area contributed by atoms with Gasteiger partial charge in [-0.1, -0.05) is 48.0 Å². The van der Waals surface area contributed by atoms with Crippen molar-refractivity contribution in [3.63, 3.8) is 0 Å². The van der Waals surface area contributed by atoms with E-state index in [4.69, 9.17) is 21.1 Å². The summed E-state index contributed by atoms with van der Waals surface area (Å²) in [4.78, 5) is 14.4. The molecule has 1 unspecified atom stereocenters. The van der Waals surface area contributed by atoms with Crippen LogP contribution in [0, 0.1) is 0 Å². The lowest BCUT2D eigenvalue weighted by Crippen LogP contribution is -2.39. The third-order valence-electron chi connectivity index (χ3n) is 4.58. The van der Waals surface area contributed by atoms with Gasteiger partial charge in [-0.25, -0.2) is 0 Å². The average Bonchev–Trinajstić information content (AvgIpc) is 3.12. The quantitative estimate of drug-likeness (QED) is 0.657. The second-order valence-electron chi connectivity index (χ2n) is 6.39. The lowest BCUT2D eigenvalue weighted by molar-refractivity contribution is -0.137. The number of rotatable bonds is 8. The molecule has 2 aromatic rings. The van der Waals surface area contributed by atoms with E-state index < -0.39 is 0 Å². The van der Waals surface area contributed by atoms with Gasteiger partial charge in [-0.15, -0.1) is 0 Å². The van der Waals surface area contributed by atoms with E-state index in [0.717, 1.165) is 42.1 Å². The predicted molar refractivity (Wildman–Crippen MR) is 103 cm³/mol. The van der Waals surface area contributed by atoms with Crippen molar-refractivity contribution in [2.75, 3.05) is 26.4 Å². The second kappa shape index (κ2) is 9.60. The Morgan fingerprint density at radius 2 is 1.85 bits per heavy atom. The first-order chi connectivity index (χ1) is 12.7. The van der Waals surface area contributed by atoms with Crippen LogP contribution in [0.5, 0.6) is 5.75 Å². The molecule has 138 valence electrons. The number of benzene rings is 2. The minimum Gasteiger partial charge on any atom is -0.491 e. The molecule has 0 saturated carbocycles. The van der Waals surface area contributed by atoms with E-state index in [-0.39, 0.29) is 18.6 Å². The highest BCUT2D eigenvalue weighted by Crippen LogP contribution is 2.24. The summed E-state index contributed by atoms with van der Waals surface area (Å²) < 4.78 is 11.1. The summed E-state index contributed by atoms with van der Waals surface area (Å²) in [5.74, 6) is 0.848. The van der Waals surface area contributed by atoms with Gasteiger partial charge < -0.3 is 14.4 Å². The van der Waals surface area contributed by atoms with Crippen LogP contribution in [0.3, 0.4) is 0 Å². The Kier molecular flexibility index (Phi) is 6.92. The Hall–Kier alpha value is -2.04. The first kappa shape index (κ1) is 18.7. The standard InChI is InChI=1S/C21H24ClNO3/c22-20-11-5-4-7-17(20)15-18-8-6-12-23(18)21(24)16-25-13-14-26-19-9-2-1-3-10-19/h1-5,7,9-11,18H,6,8,12-16H2. The smallest absolute Gasteiger partial charge is 0.248 e. The van der Waals surface area contributed by atoms with Crippen LogP contribution in [0.2, 0.25) is 5.02 Å². The number of ether oxygens (including phenoxy) is 2. The van der Waals surface area contributed by atoms with E-state index in [1.54, 1.807) is 0 Å². The fourth-order valence-corrected chi connectivity index (χ4v) is 3.48. The third kappa shape index (κ3) is 5.23. The maximum absolute atomic E-state index is 12.5. The Labute approximate surface area is 159 Å². The first-order valence-corrected chi connectivity index (χ1v) is 9.40. The number of hydrogen-bond acceptors (Lipinski definition) is 3. The fraction of sp³-hybridized carbons (Fsp3) is 0.381. The van der Waals surface area contributed by atoms with Crippen molar-refractivity contribution in [3.8, 4) is 5.75 Å². The first-order valence-electron chi connectivity index (χ1n) is 9.02. The van der Waals surface area contributed by atoms with Crippen molar-refractivity contribution in [2.24, 2.45) is 0 Å². The van der Waals surface area contributed by atoms with E-state index in [9.17, 15) is 4.79 Å². The van der Waals surface area contributed by atoms with Crippen LogP contribution in [0.15, 0.2) is 54.6 Å². The number of halogens is 1. The minimum atomic E-state index is 0.0410. The zero-order valence-electron chi connectivity index (χ0n) is 14.8. The zero-order chi connectivity index (χ0) is 18.2. The molecule has 0 spiro atoms. The molecule has 0 N–H and O–H groups in total. The van der Waals surface area contributed by atoms with E-state index in [0.29, 0.717) is 13.2 Å². The molecular formula is C21H24ClNO3. The van der Waals surface area contributed by atoms with Crippen LogP contribution in [-0.2, 0) is 16.0 Å². The van der Waals surface area contributed by atoms with E-state index in [1.165, 1.54) is 0 Å². The molecule has 1 aliphatic heterocycles. The molecule has 1 atom stereocenters. The average molecular weight is 374 g/mol. The molecule has 1 amide bonds. The van der Waals surface area contributed by atoms with Crippen molar-refractivity contribution < 1.29 is 14.3 Å². The molecule has 2 aromatic carbocycles. The maximum atomic E-state index is 12.5. The van der Waals surface area contributed by atoms with E-state index in [2.05, 4.69) is 0 Å². The normalized spacial score (nSPS) is 16.7. The van der Waals surface area contributed by atoms with Crippen molar-refractivity contribution in [1.82, 2.24) is 4.90 Å². The summed E-state index contributed by atoms with van der Waals surface area (Å²) in [6.45, 7) is 1.71. The van der Waals surface area contributed by atoms with Gasteiger partial charge in [0.15, 0.2) is 0 Å². The summed E-state index contributed by atoms with van der Waals surface area (Å²) in [6, 6.07) is 17.6. The van der Waals surface area contributed by atoms with Crippen molar-refractivity contribution in [3.05, 3.63) is 65.2 Å². The minimum absolute atomic E-state index is 0.0410. The fourth-order valence-electron chi connectivity index (χ4n) is 3.27. The second-order valence-corrected chi connectivity index (χ2v) is 6.80. The maximum Gasteiger partial charge on any atom is 0.248 e. The topological polar surface area (TPSA) is 38.8 Å². The number of hydrogen-bond donors (Lipinski definition) is 0. The lowest BCUT2D eigenvalue weighted by atomic mass is 10.0. The Morgan fingerprint density at radius 3 is 2.65 bits per heavy atom. The van der Waals surface area contributed by atoms with Gasteiger partial charge in [0.1, 0.15) is 19.0 Å². The highest BCUT2D eigenvalue weighted by molar-refractivity contribution is 6.31. The molecule has 3 rings (SSSR count). The van der Waals surface area contributed by atoms with Crippen LogP contribution in [0.25, 0.3) is 0 Å². The van der Waals surface area contributed by atoms with E-state index in [1.807, 2.05) is 59.5 Å². The number of nitrogens with zero attached hydrogens (tertiary/aromatic N) is 1. The largest absolute Gasteiger partial charge is 0.491 e. The van der Waals surface area contributed by atoms with Crippen LogP contribution < -0.4 is 4.74 Å². The molecule has 1 saturated heterocycles. The van der Waals surface area contributed by atoms with E-state index >= 15 is 0 Å². The lowest BCUT2D eigenvalue weighted by Gasteiger charge is -2.25. The third-order valence-corrected chi connectivity index (χ3v) is 4.94. The monoisotopic (exact) mass is 373 g/mol. The van der Waals surface area contributed by atoms with Crippen molar-refractivity contribution in [2.45, 2.75) is 25.3 Å². The van der Waals surface area contributed by atoms with Crippen LogP contribution in [0.1, 0.15) is 18.4 Å². The highest BCUT2D eigenvalue weighted by Gasteiger charge is 2.29. The molecule has 0 aliphatic carbocycles. The van der Waals surface area contributed by atoms with Gasteiger partial charge in [0.2, 0.25) is 5.91 Å². The predicted octanol–water partition coefficient (Wildman–Crippen LogP) is 3.97. The van der Waals surface area contributed by atoms with Crippen LogP contribution >= 0.6 is 11.6 Å². The number of carbonyl (C=O) groups is 1. The molecular weight excluding hydrogens is 350 g/mol. The number of para-hydroxylation sites is 1. The Morgan fingerprint density at radius 1 is 1.08 bits per heavy atom. The summed E-state index contributed by atoms with van der Waals surface area (Å²) in [5, 5.41) is 0.765. The summed E-state index contributed by atoms with van der Waals surface area (Å²) in [7, 11) is 0. The summed E-state index contributed by atoms with van der Waals surface area (Å²) >= 11 is 6.26.